The quantitative estimate of drug-likeness (QED) is 0.303. The molecule has 0 spiro atoms. The van der Waals surface area contributed by atoms with E-state index < -0.39 is 22.6 Å². The van der Waals surface area contributed by atoms with Gasteiger partial charge in [0.1, 0.15) is 11.3 Å². The first-order valence-electron chi connectivity index (χ1n) is 12.5. The maximum absolute atomic E-state index is 13.6. The van der Waals surface area contributed by atoms with Crippen molar-refractivity contribution in [2.24, 2.45) is 0 Å². The number of alkyl halides is 4. The summed E-state index contributed by atoms with van der Waals surface area (Å²) in [5, 5.41) is 0. The summed E-state index contributed by atoms with van der Waals surface area (Å²) in [6.07, 6.45) is -6.88. The Morgan fingerprint density at radius 3 is 2.10 bits per heavy atom. The second-order valence-electron chi connectivity index (χ2n) is 9.84. The Morgan fingerprint density at radius 2 is 1.41 bits per heavy atom. The van der Waals surface area contributed by atoms with Gasteiger partial charge in [-0.25, -0.2) is 18.4 Å². The first kappa shape index (κ1) is 25.8. The molecule has 0 bridgehead atoms. The van der Waals surface area contributed by atoms with Gasteiger partial charge in [-0.2, -0.15) is 4.31 Å². The van der Waals surface area contributed by atoms with Crippen molar-refractivity contribution in [1.82, 2.24) is 18.8 Å². The van der Waals surface area contributed by atoms with Crippen LogP contribution < -0.4 is 18.9 Å². The SMILES string of the molecule is Cc1ccc2nc(-c3ccc4c(c3)OC(F)(F)O4)n(C3CCN(S(=O)(=O)c4ccc5c(c4)OC(F)(F)O5)CC3)c2n1. The number of benzene rings is 2. The van der Waals surface area contributed by atoms with Crippen molar-refractivity contribution < 1.29 is 44.9 Å². The third kappa shape index (κ3) is 4.39. The van der Waals surface area contributed by atoms with E-state index in [1.54, 1.807) is 12.1 Å². The lowest BCUT2D eigenvalue weighted by Gasteiger charge is -2.32. The van der Waals surface area contributed by atoms with E-state index in [1.807, 2.05) is 17.6 Å². The van der Waals surface area contributed by atoms with Gasteiger partial charge >= 0.3 is 12.6 Å². The van der Waals surface area contributed by atoms with Crippen molar-refractivity contribution in [2.75, 3.05) is 13.1 Å². The fourth-order valence-corrected chi connectivity index (χ4v) is 6.77. The van der Waals surface area contributed by atoms with Gasteiger partial charge < -0.3 is 23.5 Å². The summed E-state index contributed by atoms with van der Waals surface area (Å²) in [5.74, 6) is -0.373. The van der Waals surface area contributed by atoms with Gasteiger partial charge in [0.25, 0.3) is 0 Å². The molecule has 4 aromatic rings. The Labute approximate surface area is 230 Å². The zero-order chi connectivity index (χ0) is 28.7. The average Bonchev–Trinajstić information content (AvgIpc) is 3.54. The number of piperidine rings is 1. The molecule has 2 aromatic heterocycles. The predicted molar refractivity (Wildman–Crippen MR) is 134 cm³/mol. The first-order chi connectivity index (χ1) is 19.4. The molecule has 214 valence electrons. The summed E-state index contributed by atoms with van der Waals surface area (Å²) in [4.78, 5) is 9.18. The van der Waals surface area contributed by atoms with Gasteiger partial charge in [-0.1, -0.05) is 0 Å². The van der Waals surface area contributed by atoms with E-state index in [0.717, 1.165) is 17.8 Å². The summed E-state index contributed by atoms with van der Waals surface area (Å²) in [7, 11) is -4.03. The van der Waals surface area contributed by atoms with Crippen molar-refractivity contribution >= 4 is 21.2 Å². The molecule has 2 aromatic carbocycles. The lowest BCUT2D eigenvalue weighted by atomic mass is 10.1. The molecule has 15 heteroatoms. The zero-order valence-electron chi connectivity index (χ0n) is 21.2. The van der Waals surface area contributed by atoms with E-state index in [-0.39, 0.29) is 47.0 Å². The number of ether oxygens (including phenoxy) is 4. The van der Waals surface area contributed by atoms with E-state index in [0.29, 0.717) is 35.4 Å². The molecule has 0 amide bonds. The van der Waals surface area contributed by atoms with E-state index in [2.05, 4.69) is 23.9 Å². The highest BCUT2D eigenvalue weighted by Gasteiger charge is 2.45. The number of rotatable bonds is 4. The van der Waals surface area contributed by atoms with Crippen molar-refractivity contribution in [3.8, 4) is 34.4 Å². The molecule has 1 fully saturated rings. The summed E-state index contributed by atoms with van der Waals surface area (Å²) in [6.45, 7) is 2.07. The van der Waals surface area contributed by atoms with Gasteiger partial charge in [0.15, 0.2) is 28.6 Å². The Morgan fingerprint density at radius 1 is 0.805 bits per heavy atom. The van der Waals surface area contributed by atoms with E-state index in [1.165, 1.54) is 22.5 Å². The van der Waals surface area contributed by atoms with Crippen molar-refractivity contribution in [3.05, 3.63) is 54.2 Å². The molecule has 0 N–H and O–H groups in total. The van der Waals surface area contributed by atoms with Crippen molar-refractivity contribution in [1.29, 1.82) is 0 Å². The number of fused-ring (bicyclic) bond motifs is 3. The summed E-state index contributed by atoms with van der Waals surface area (Å²) < 4.78 is 102. The van der Waals surface area contributed by atoms with Crippen molar-refractivity contribution in [3.63, 3.8) is 0 Å². The Bertz CT molecular complexity index is 1820. The topological polar surface area (TPSA) is 105 Å². The second-order valence-corrected chi connectivity index (χ2v) is 11.8. The zero-order valence-corrected chi connectivity index (χ0v) is 22.0. The summed E-state index contributed by atoms with van der Waals surface area (Å²) >= 11 is 0. The number of imidazole rings is 1. The van der Waals surface area contributed by atoms with Crippen LogP contribution in [0, 0.1) is 6.92 Å². The van der Waals surface area contributed by atoms with Crippen LogP contribution in [0.2, 0.25) is 0 Å². The first-order valence-corrected chi connectivity index (χ1v) is 14.0. The Hall–Kier alpha value is -4.11. The largest absolute Gasteiger partial charge is 0.586 e. The lowest BCUT2D eigenvalue weighted by Crippen LogP contribution is -2.39. The fourth-order valence-electron chi connectivity index (χ4n) is 5.29. The number of hydrogen-bond donors (Lipinski definition) is 0. The molecule has 3 aliphatic rings. The number of nitrogens with zero attached hydrogens (tertiary/aromatic N) is 4. The van der Waals surface area contributed by atoms with Gasteiger partial charge in [-0.3, -0.25) is 0 Å². The number of halogens is 4. The van der Waals surface area contributed by atoms with Crippen LogP contribution in [0.3, 0.4) is 0 Å². The molecule has 0 unspecified atom stereocenters. The highest BCUT2D eigenvalue weighted by Crippen LogP contribution is 2.45. The third-order valence-electron chi connectivity index (χ3n) is 7.14. The standard InChI is InChI=1S/C26H20F4N4O6S/c1-14-2-5-18-24(31-14)34(23(32-18)15-3-6-19-21(12-15)39-25(27,28)37-19)16-8-10-33(11-9-16)41(35,36)17-4-7-20-22(13-17)40-26(29,30)38-20/h2-7,12-13,16H,8-11H2,1H3. The molecule has 0 radical (unpaired) electrons. The molecule has 10 nitrogen and oxygen atoms in total. The molecule has 0 aliphatic carbocycles. The van der Waals surface area contributed by atoms with Crippen LogP contribution in [0.25, 0.3) is 22.6 Å². The van der Waals surface area contributed by atoms with Gasteiger partial charge in [0.2, 0.25) is 10.0 Å². The van der Waals surface area contributed by atoms with Crippen molar-refractivity contribution in [2.45, 2.75) is 43.3 Å². The highest BCUT2D eigenvalue weighted by atomic mass is 32.2. The average molecular weight is 593 g/mol. The molecule has 0 saturated carbocycles. The lowest BCUT2D eigenvalue weighted by molar-refractivity contribution is -0.287. The molecular weight excluding hydrogens is 572 g/mol. The molecule has 3 aliphatic heterocycles. The van der Waals surface area contributed by atoms with E-state index >= 15 is 0 Å². The predicted octanol–water partition coefficient (Wildman–Crippen LogP) is 5.08. The fraction of sp³-hybridized carbons (Fsp3) is 0.308. The maximum Gasteiger partial charge on any atom is 0.586 e. The Balaban J connectivity index is 1.19. The van der Waals surface area contributed by atoms with Crippen LogP contribution in [0.4, 0.5) is 17.6 Å². The maximum atomic E-state index is 13.6. The van der Waals surface area contributed by atoms with E-state index in [9.17, 15) is 26.0 Å². The number of aryl methyl sites for hydroxylation is 1. The van der Waals surface area contributed by atoms with E-state index in [4.69, 9.17) is 4.98 Å². The van der Waals surface area contributed by atoms with Crippen LogP contribution in [-0.2, 0) is 10.0 Å². The van der Waals surface area contributed by atoms with Crippen LogP contribution in [0.5, 0.6) is 23.0 Å². The van der Waals surface area contributed by atoms with Gasteiger partial charge in [0.05, 0.1) is 4.90 Å². The molecular formula is C26H20F4N4O6S. The van der Waals surface area contributed by atoms with Crippen LogP contribution in [0.1, 0.15) is 24.6 Å². The van der Waals surface area contributed by atoms with Gasteiger partial charge in [0, 0.05) is 36.5 Å². The normalized spacial score (nSPS) is 19.6. The number of pyridine rings is 1. The second kappa shape index (κ2) is 8.69. The molecule has 0 atom stereocenters. The monoisotopic (exact) mass is 592 g/mol. The Kier molecular flexibility index (Phi) is 5.48. The van der Waals surface area contributed by atoms with Crippen LogP contribution in [-0.4, -0.2) is 52.9 Å². The number of aromatic nitrogens is 3. The minimum atomic E-state index is -4.03. The molecule has 41 heavy (non-hydrogen) atoms. The van der Waals surface area contributed by atoms with Gasteiger partial charge in [-0.15, -0.1) is 17.6 Å². The third-order valence-corrected chi connectivity index (χ3v) is 9.03. The van der Waals surface area contributed by atoms with Gasteiger partial charge in [-0.05, 0) is 62.2 Å². The minimum Gasteiger partial charge on any atom is -0.395 e. The molecule has 5 heterocycles. The summed E-state index contributed by atoms with van der Waals surface area (Å²) in [5.41, 5.74) is 2.39. The minimum absolute atomic E-state index is 0.0962. The number of hydrogen-bond acceptors (Lipinski definition) is 8. The smallest absolute Gasteiger partial charge is 0.395 e. The highest BCUT2D eigenvalue weighted by molar-refractivity contribution is 7.89. The number of sulfonamides is 1. The summed E-state index contributed by atoms with van der Waals surface area (Å²) in [6, 6.07) is 11.1. The molecule has 7 rings (SSSR count). The van der Waals surface area contributed by atoms with Crippen LogP contribution in [0.15, 0.2) is 53.4 Å². The van der Waals surface area contributed by atoms with Crippen LogP contribution >= 0.6 is 0 Å². The molecule has 1 saturated heterocycles.